The molecule has 0 aliphatic heterocycles. The van der Waals surface area contributed by atoms with Crippen LogP contribution in [0.1, 0.15) is 13.8 Å². The highest BCUT2D eigenvalue weighted by molar-refractivity contribution is 5.98. The molecule has 0 saturated carbocycles. The molecule has 0 radical (unpaired) electrons. The lowest BCUT2D eigenvalue weighted by atomic mass is 10.1. The van der Waals surface area contributed by atoms with Crippen molar-refractivity contribution in [1.82, 2.24) is 20.0 Å². The molecule has 0 aliphatic carbocycles. The molecule has 0 fully saturated rings. The van der Waals surface area contributed by atoms with Crippen molar-refractivity contribution in [1.29, 1.82) is 0 Å². The molecule has 7 heteroatoms. The first kappa shape index (κ1) is 14.0. The number of hydrogen-bond donors (Lipinski definition) is 2. The molecule has 7 nitrogen and oxygen atoms in total. The summed E-state index contributed by atoms with van der Waals surface area (Å²) in [6, 6.07) is 7.87. The van der Waals surface area contributed by atoms with Gasteiger partial charge < -0.3 is 10.6 Å². The number of nitrogens with one attached hydrogen (secondary N) is 2. The van der Waals surface area contributed by atoms with Crippen molar-refractivity contribution in [3.8, 4) is 5.69 Å². The summed E-state index contributed by atoms with van der Waals surface area (Å²) in [6.07, 6.45) is 4.18. The lowest BCUT2D eigenvalue weighted by Gasteiger charge is -2.15. The molecular weight excluding hydrogens is 280 g/mol. The number of rotatable bonds is 5. The van der Waals surface area contributed by atoms with Crippen LogP contribution in [0.2, 0.25) is 0 Å². The third-order valence-electron chi connectivity index (χ3n) is 3.14. The van der Waals surface area contributed by atoms with Crippen molar-refractivity contribution in [3.63, 3.8) is 0 Å². The van der Waals surface area contributed by atoms with E-state index in [9.17, 15) is 4.79 Å². The average Bonchev–Trinajstić information content (AvgIpc) is 3.03. The quantitative estimate of drug-likeness (QED) is 0.705. The predicted octanol–water partition coefficient (Wildman–Crippen LogP) is 2.20. The lowest BCUT2D eigenvalue weighted by molar-refractivity contribution is -0.105. The molecule has 3 aromatic rings. The Labute approximate surface area is 127 Å². The average molecular weight is 296 g/mol. The van der Waals surface area contributed by atoms with E-state index in [-0.39, 0.29) is 6.04 Å². The Morgan fingerprint density at radius 2 is 2.14 bits per heavy atom. The van der Waals surface area contributed by atoms with Crippen molar-refractivity contribution in [2.24, 2.45) is 0 Å². The summed E-state index contributed by atoms with van der Waals surface area (Å²) in [5, 5.41) is 19.3. The number of hydrogen-bond acceptors (Lipinski definition) is 5. The Hall–Kier alpha value is -2.96. The van der Waals surface area contributed by atoms with Gasteiger partial charge in [0.2, 0.25) is 6.41 Å². The van der Waals surface area contributed by atoms with Gasteiger partial charge in [-0.2, -0.15) is 5.10 Å². The maximum Gasteiger partial charge on any atom is 0.212 e. The molecule has 2 heterocycles. The van der Waals surface area contributed by atoms with Gasteiger partial charge in [0.1, 0.15) is 0 Å². The molecule has 1 amide bonds. The fraction of sp³-hybridized carbons (Fsp3) is 0.200. The second kappa shape index (κ2) is 5.80. The van der Waals surface area contributed by atoms with Crippen LogP contribution in [0.3, 0.4) is 0 Å². The topological polar surface area (TPSA) is 84.7 Å². The van der Waals surface area contributed by atoms with Gasteiger partial charge in [-0.3, -0.25) is 4.79 Å². The molecule has 0 aliphatic rings. The second-order valence-corrected chi connectivity index (χ2v) is 5.14. The van der Waals surface area contributed by atoms with E-state index in [1.165, 1.54) is 0 Å². The van der Waals surface area contributed by atoms with E-state index in [1.807, 2.05) is 44.3 Å². The molecule has 3 rings (SSSR count). The zero-order chi connectivity index (χ0) is 15.5. The van der Waals surface area contributed by atoms with E-state index in [4.69, 9.17) is 0 Å². The lowest BCUT2D eigenvalue weighted by Crippen LogP contribution is -2.14. The van der Waals surface area contributed by atoms with Crippen molar-refractivity contribution < 1.29 is 4.79 Å². The highest BCUT2D eigenvalue weighted by atomic mass is 16.1. The molecule has 112 valence electrons. The molecule has 0 saturated heterocycles. The molecule has 2 N–H and O–H groups in total. The first-order valence-corrected chi connectivity index (χ1v) is 6.96. The molecule has 0 bridgehead atoms. The molecular formula is C15H16N6O. The van der Waals surface area contributed by atoms with Gasteiger partial charge in [-0.15, -0.1) is 10.2 Å². The molecule has 22 heavy (non-hydrogen) atoms. The predicted molar refractivity (Wildman–Crippen MR) is 85.1 cm³/mol. The van der Waals surface area contributed by atoms with Crippen LogP contribution in [0, 0.1) is 0 Å². The Morgan fingerprint density at radius 3 is 2.82 bits per heavy atom. The Morgan fingerprint density at radius 1 is 1.27 bits per heavy atom. The first-order valence-electron chi connectivity index (χ1n) is 6.96. The molecule has 0 spiro atoms. The minimum atomic E-state index is 0.199. The SMILES string of the molecule is CC(C)Nc1c(NC=O)nnc2cc(-n3cccn3)ccc12. The van der Waals surface area contributed by atoms with Crippen LogP contribution >= 0.6 is 0 Å². The highest BCUT2D eigenvalue weighted by Crippen LogP contribution is 2.29. The summed E-state index contributed by atoms with van der Waals surface area (Å²) in [5.74, 6) is 0.419. The zero-order valence-electron chi connectivity index (χ0n) is 12.3. The van der Waals surface area contributed by atoms with Gasteiger partial charge in [-0.25, -0.2) is 4.68 Å². The number of anilines is 2. The number of fused-ring (bicyclic) bond motifs is 1. The third-order valence-corrected chi connectivity index (χ3v) is 3.14. The standard InChI is InChI=1S/C15H16N6O/c1-10(2)18-14-12-5-4-11(21-7-3-6-17-21)8-13(12)19-20-15(14)16-9-22/h3-10H,1-2H3,(H,18,19)(H,16,20,22). The van der Waals surface area contributed by atoms with Gasteiger partial charge in [0.25, 0.3) is 0 Å². The van der Waals surface area contributed by atoms with Crippen molar-refractivity contribution in [2.75, 3.05) is 10.6 Å². The molecule has 0 unspecified atom stereocenters. The van der Waals surface area contributed by atoms with Crippen LogP contribution < -0.4 is 10.6 Å². The summed E-state index contributed by atoms with van der Waals surface area (Å²) in [4.78, 5) is 10.7. The number of carbonyl (C=O) groups is 1. The normalized spacial score (nSPS) is 10.9. The van der Waals surface area contributed by atoms with Crippen molar-refractivity contribution in [3.05, 3.63) is 36.7 Å². The van der Waals surface area contributed by atoms with E-state index in [2.05, 4.69) is 25.9 Å². The smallest absolute Gasteiger partial charge is 0.212 e. The summed E-state index contributed by atoms with van der Waals surface area (Å²) in [5.41, 5.74) is 2.39. The summed E-state index contributed by atoms with van der Waals surface area (Å²) >= 11 is 0. The van der Waals surface area contributed by atoms with Gasteiger partial charge in [0.05, 0.1) is 16.9 Å². The van der Waals surface area contributed by atoms with Crippen LogP contribution in [0.25, 0.3) is 16.6 Å². The van der Waals surface area contributed by atoms with Crippen LogP contribution in [-0.4, -0.2) is 32.4 Å². The fourth-order valence-corrected chi connectivity index (χ4v) is 2.25. The number of benzene rings is 1. The monoisotopic (exact) mass is 296 g/mol. The fourth-order valence-electron chi connectivity index (χ4n) is 2.25. The van der Waals surface area contributed by atoms with Crippen LogP contribution in [0.5, 0.6) is 0 Å². The Bertz CT molecular complexity index is 797. The number of carbonyl (C=O) groups excluding carboxylic acids is 1. The van der Waals surface area contributed by atoms with E-state index < -0.39 is 0 Å². The summed E-state index contributed by atoms with van der Waals surface area (Å²) in [7, 11) is 0. The molecule has 1 aromatic carbocycles. The first-order chi connectivity index (χ1) is 10.7. The van der Waals surface area contributed by atoms with E-state index in [0.29, 0.717) is 12.2 Å². The maximum absolute atomic E-state index is 10.7. The number of nitrogens with zero attached hydrogens (tertiary/aromatic N) is 4. The minimum absolute atomic E-state index is 0.199. The van der Waals surface area contributed by atoms with E-state index >= 15 is 0 Å². The van der Waals surface area contributed by atoms with Gasteiger partial charge in [-0.05, 0) is 38.1 Å². The van der Waals surface area contributed by atoms with E-state index in [1.54, 1.807) is 10.9 Å². The van der Waals surface area contributed by atoms with Crippen LogP contribution in [0.4, 0.5) is 11.5 Å². The molecule has 2 aromatic heterocycles. The zero-order valence-corrected chi connectivity index (χ0v) is 12.3. The van der Waals surface area contributed by atoms with Gasteiger partial charge in [-0.1, -0.05) is 0 Å². The summed E-state index contributed by atoms with van der Waals surface area (Å²) < 4.78 is 1.76. The van der Waals surface area contributed by atoms with Gasteiger partial charge in [0, 0.05) is 23.8 Å². The largest absolute Gasteiger partial charge is 0.379 e. The number of aromatic nitrogens is 4. The Kier molecular flexibility index (Phi) is 3.69. The number of amides is 1. The summed E-state index contributed by atoms with van der Waals surface area (Å²) in [6.45, 7) is 4.05. The maximum atomic E-state index is 10.7. The van der Waals surface area contributed by atoms with E-state index in [0.717, 1.165) is 22.3 Å². The second-order valence-electron chi connectivity index (χ2n) is 5.14. The van der Waals surface area contributed by atoms with Crippen LogP contribution in [0.15, 0.2) is 36.7 Å². The molecule has 0 atom stereocenters. The minimum Gasteiger partial charge on any atom is -0.379 e. The Balaban J connectivity index is 2.15. The van der Waals surface area contributed by atoms with Crippen molar-refractivity contribution >= 4 is 28.8 Å². The van der Waals surface area contributed by atoms with Gasteiger partial charge in [0.15, 0.2) is 5.82 Å². The highest BCUT2D eigenvalue weighted by Gasteiger charge is 2.12. The van der Waals surface area contributed by atoms with Crippen molar-refractivity contribution in [2.45, 2.75) is 19.9 Å². The third kappa shape index (κ3) is 2.60. The van der Waals surface area contributed by atoms with Gasteiger partial charge >= 0.3 is 0 Å². The van der Waals surface area contributed by atoms with Crippen LogP contribution in [-0.2, 0) is 4.79 Å².